The minimum absolute atomic E-state index is 0.0600. The molecule has 3 N–H and O–H groups in total. The molecule has 0 aliphatic rings. The summed E-state index contributed by atoms with van der Waals surface area (Å²) in [5.41, 5.74) is 6.62. The van der Waals surface area contributed by atoms with Crippen molar-refractivity contribution in [1.82, 2.24) is 0 Å². The van der Waals surface area contributed by atoms with Crippen LogP contribution >= 0.6 is 11.6 Å². The minimum atomic E-state index is -3.92. The number of nitrogens with one attached hydrogen (secondary N) is 1. The molecule has 0 amide bonds. The molecular formula is C14H14ClFN2O2S. The van der Waals surface area contributed by atoms with Gasteiger partial charge < -0.3 is 5.73 Å². The number of hydrogen-bond donors (Lipinski definition) is 2. The largest absolute Gasteiger partial charge is 0.326 e. The summed E-state index contributed by atoms with van der Waals surface area (Å²) in [6.07, 6.45) is 0. The number of benzene rings is 2. The molecule has 21 heavy (non-hydrogen) atoms. The van der Waals surface area contributed by atoms with Crippen molar-refractivity contribution in [2.45, 2.75) is 18.4 Å². The molecule has 7 heteroatoms. The van der Waals surface area contributed by atoms with E-state index in [9.17, 15) is 12.8 Å². The first-order chi connectivity index (χ1) is 9.85. The standard InChI is InChI=1S/C14H14ClFN2O2S/c1-9-10(8-17)3-2-4-14(9)21(19,20)18-13-7-11(15)5-6-12(13)16/h2-7,18H,8,17H2,1H3. The van der Waals surface area contributed by atoms with Gasteiger partial charge in [0.25, 0.3) is 10.0 Å². The fourth-order valence-electron chi connectivity index (χ4n) is 1.95. The highest BCUT2D eigenvalue weighted by atomic mass is 35.5. The Morgan fingerprint density at radius 1 is 1.29 bits per heavy atom. The van der Waals surface area contributed by atoms with E-state index >= 15 is 0 Å². The van der Waals surface area contributed by atoms with E-state index in [-0.39, 0.29) is 22.2 Å². The van der Waals surface area contributed by atoms with Crippen LogP contribution in [0.5, 0.6) is 0 Å². The van der Waals surface area contributed by atoms with Gasteiger partial charge in [-0.25, -0.2) is 12.8 Å². The van der Waals surface area contributed by atoms with Crippen molar-refractivity contribution in [1.29, 1.82) is 0 Å². The highest BCUT2D eigenvalue weighted by Gasteiger charge is 2.19. The Hall–Kier alpha value is -1.63. The third-order valence-electron chi connectivity index (χ3n) is 3.08. The first-order valence-electron chi connectivity index (χ1n) is 6.11. The molecule has 0 bridgehead atoms. The van der Waals surface area contributed by atoms with E-state index in [1.54, 1.807) is 19.1 Å². The lowest BCUT2D eigenvalue weighted by Crippen LogP contribution is -2.16. The molecule has 0 spiro atoms. The van der Waals surface area contributed by atoms with Crippen molar-refractivity contribution >= 4 is 27.3 Å². The molecule has 0 saturated heterocycles. The zero-order chi connectivity index (χ0) is 15.6. The predicted octanol–water partition coefficient (Wildman–Crippen LogP) is 3.05. The Morgan fingerprint density at radius 3 is 2.67 bits per heavy atom. The topological polar surface area (TPSA) is 72.2 Å². The molecule has 0 fully saturated rings. The van der Waals surface area contributed by atoms with Crippen molar-refractivity contribution in [3.63, 3.8) is 0 Å². The molecular weight excluding hydrogens is 315 g/mol. The lowest BCUT2D eigenvalue weighted by Gasteiger charge is -2.13. The van der Waals surface area contributed by atoms with Crippen LogP contribution < -0.4 is 10.5 Å². The van der Waals surface area contributed by atoms with Gasteiger partial charge in [-0.2, -0.15) is 0 Å². The third-order valence-corrected chi connectivity index (χ3v) is 4.82. The van der Waals surface area contributed by atoms with Gasteiger partial charge >= 0.3 is 0 Å². The van der Waals surface area contributed by atoms with Crippen LogP contribution in [0.15, 0.2) is 41.3 Å². The average Bonchev–Trinajstić information content (AvgIpc) is 2.42. The van der Waals surface area contributed by atoms with Crippen molar-refractivity contribution in [3.05, 3.63) is 58.4 Å². The van der Waals surface area contributed by atoms with Crippen molar-refractivity contribution < 1.29 is 12.8 Å². The molecule has 0 aromatic heterocycles. The van der Waals surface area contributed by atoms with Crippen LogP contribution in [0.3, 0.4) is 0 Å². The Kier molecular flexibility index (Phi) is 4.51. The zero-order valence-electron chi connectivity index (χ0n) is 11.2. The molecule has 4 nitrogen and oxygen atoms in total. The highest BCUT2D eigenvalue weighted by Crippen LogP contribution is 2.25. The SMILES string of the molecule is Cc1c(CN)cccc1S(=O)(=O)Nc1cc(Cl)ccc1F. The van der Waals surface area contributed by atoms with Crippen LogP contribution in [-0.4, -0.2) is 8.42 Å². The normalized spacial score (nSPS) is 11.4. The van der Waals surface area contributed by atoms with E-state index < -0.39 is 15.8 Å². The minimum Gasteiger partial charge on any atom is -0.326 e. The van der Waals surface area contributed by atoms with Gasteiger partial charge in [0.05, 0.1) is 10.6 Å². The van der Waals surface area contributed by atoms with Gasteiger partial charge in [-0.3, -0.25) is 4.72 Å². The van der Waals surface area contributed by atoms with Gasteiger partial charge in [-0.1, -0.05) is 23.7 Å². The summed E-state index contributed by atoms with van der Waals surface area (Å²) >= 11 is 5.75. The van der Waals surface area contributed by atoms with E-state index in [1.807, 2.05) is 0 Å². The zero-order valence-corrected chi connectivity index (χ0v) is 12.8. The summed E-state index contributed by atoms with van der Waals surface area (Å²) in [6, 6.07) is 8.45. The fraction of sp³-hybridized carbons (Fsp3) is 0.143. The summed E-state index contributed by atoms with van der Waals surface area (Å²) in [6.45, 7) is 1.88. The molecule has 112 valence electrons. The van der Waals surface area contributed by atoms with Crippen LogP contribution in [0.1, 0.15) is 11.1 Å². The number of anilines is 1. The smallest absolute Gasteiger partial charge is 0.262 e. The highest BCUT2D eigenvalue weighted by molar-refractivity contribution is 7.92. The lowest BCUT2D eigenvalue weighted by molar-refractivity contribution is 0.598. The van der Waals surface area contributed by atoms with Gasteiger partial charge in [-0.15, -0.1) is 0 Å². The van der Waals surface area contributed by atoms with Crippen LogP contribution in [0.25, 0.3) is 0 Å². The molecule has 0 atom stereocenters. The Labute approximate surface area is 127 Å². The monoisotopic (exact) mass is 328 g/mol. The number of nitrogens with two attached hydrogens (primary N) is 1. The maximum absolute atomic E-state index is 13.7. The summed E-state index contributed by atoms with van der Waals surface area (Å²) in [5, 5.41) is 0.238. The van der Waals surface area contributed by atoms with E-state index in [4.69, 9.17) is 17.3 Å². The fourth-order valence-corrected chi connectivity index (χ4v) is 3.47. The van der Waals surface area contributed by atoms with E-state index in [1.165, 1.54) is 18.2 Å². The van der Waals surface area contributed by atoms with Crippen LogP contribution in [0.4, 0.5) is 10.1 Å². The second-order valence-electron chi connectivity index (χ2n) is 4.47. The van der Waals surface area contributed by atoms with Crippen LogP contribution in [0, 0.1) is 12.7 Å². The quantitative estimate of drug-likeness (QED) is 0.906. The van der Waals surface area contributed by atoms with Crippen molar-refractivity contribution in [2.24, 2.45) is 5.73 Å². The maximum Gasteiger partial charge on any atom is 0.262 e. The first kappa shape index (κ1) is 15.8. The van der Waals surface area contributed by atoms with E-state index in [2.05, 4.69) is 4.72 Å². The molecule has 0 saturated carbocycles. The molecule has 0 aliphatic carbocycles. The first-order valence-corrected chi connectivity index (χ1v) is 7.97. The van der Waals surface area contributed by atoms with Crippen molar-refractivity contribution in [3.8, 4) is 0 Å². The third kappa shape index (κ3) is 3.34. The molecule has 0 unspecified atom stereocenters. The van der Waals surface area contributed by atoms with Crippen LogP contribution in [-0.2, 0) is 16.6 Å². The molecule has 0 radical (unpaired) electrons. The number of rotatable bonds is 4. The van der Waals surface area contributed by atoms with E-state index in [0.29, 0.717) is 11.1 Å². The maximum atomic E-state index is 13.7. The number of sulfonamides is 1. The lowest BCUT2D eigenvalue weighted by atomic mass is 10.1. The molecule has 2 rings (SSSR count). The van der Waals surface area contributed by atoms with Gasteiger partial charge in [0.2, 0.25) is 0 Å². The molecule has 2 aromatic carbocycles. The summed E-state index contributed by atoms with van der Waals surface area (Å²) in [5.74, 6) is -0.699. The van der Waals surface area contributed by atoms with Gasteiger partial charge in [-0.05, 0) is 42.3 Å². The average molecular weight is 329 g/mol. The summed E-state index contributed by atoms with van der Waals surface area (Å²) in [4.78, 5) is 0.0600. The molecule has 0 heterocycles. The van der Waals surface area contributed by atoms with Gasteiger partial charge in [0.1, 0.15) is 5.82 Å². The Bertz CT molecular complexity index is 779. The second-order valence-corrected chi connectivity index (χ2v) is 6.56. The Morgan fingerprint density at radius 2 is 2.00 bits per heavy atom. The van der Waals surface area contributed by atoms with Gasteiger partial charge in [0.15, 0.2) is 0 Å². The summed E-state index contributed by atoms with van der Waals surface area (Å²) in [7, 11) is -3.92. The van der Waals surface area contributed by atoms with Crippen molar-refractivity contribution in [2.75, 3.05) is 4.72 Å². The second kappa shape index (κ2) is 6.01. The van der Waals surface area contributed by atoms with Crippen LogP contribution in [0.2, 0.25) is 5.02 Å². The predicted molar refractivity (Wildman–Crippen MR) is 81.3 cm³/mol. The Balaban J connectivity index is 2.46. The summed E-state index contributed by atoms with van der Waals surface area (Å²) < 4.78 is 40.6. The number of hydrogen-bond acceptors (Lipinski definition) is 3. The van der Waals surface area contributed by atoms with Gasteiger partial charge in [0, 0.05) is 11.6 Å². The number of halogens is 2. The van der Waals surface area contributed by atoms with E-state index in [0.717, 1.165) is 6.07 Å². The molecule has 0 aliphatic heterocycles. The molecule has 2 aromatic rings.